The summed E-state index contributed by atoms with van der Waals surface area (Å²) in [6.07, 6.45) is 0. The SMILES string of the molecule is CC1CN(C(=O)c2cc3ccccc3o2)C(C)CN1. The zero-order valence-electron chi connectivity index (χ0n) is 11.2. The number of hydrogen-bond donors (Lipinski definition) is 1. The minimum atomic E-state index is -0.0166. The van der Waals surface area contributed by atoms with Crippen LogP contribution in [0.15, 0.2) is 34.7 Å². The van der Waals surface area contributed by atoms with Crippen LogP contribution in [0.4, 0.5) is 0 Å². The van der Waals surface area contributed by atoms with Crippen LogP contribution < -0.4 is 5.32 Å². The third-order valence-corrected chi connectivity index (χ3v) is 3.66. The Kier molecular flexibility index (Phi) is 3.03. The second-order valence-electron chi connectivity index (χ2n) is 5.26. The van der Waals surface area contributed by atoms with E-state index in [1.165, 1.54) is 0 Å². The Morgan fingerprint density at radius 3 is 2.95 bits per heavy atom. The second kappa shape index (κ2) is 4.70. The lowest BCUT2D eigenvalue weighted by molar-refractivity contribution is 0.0586. The Labute approximate surface area is 112 Å². The number of fused-ring (bicyclic) bond motifs is 1. The van der Waals surface area contributed by atoms with E-state index in [9.17, 15) is 4.79 Å². The number of nitrogens with one attached hydrogen (secondary N) is 1. The molecule has 3 rings (SSSR count). The van der Waals surface area contributed by atoms with Crippen molar-refractivity contribution in [3.8, 4) is 0 Å². The highest BCUT2D eigenvalue weighted by molar-refractivity contribution is 5.96. The average molecular weight is 258 g/mol. The Hall–Kier alpha value is -1.81. The van der Waals surface area contributed by atoms with Crippen molar-refractivity contribution in [2.24, 2.45) is 0 Å². The number of carbonyl (C=O) groups is 1. The van der Waals surface area contributed by atoms with Crippen LogP contribution in [0, 0.1) is 0 Å². The van der Waals surface area contributed by atoms with Crippen molar-refractivity contribution in [3.05, 3.63) is 36.1 Å². The highest BCUT2D eigenvalue weighted by atomic mass is 16.3. The van der Waals surface area contributed by atoms with E-state index in [4.69, 9.17) is 4.42 Å². The molecule has 0 aliphatic carbocycles. The van der Waals surface area contributed by atoms with Gasteiger partial charge in [0, 0.05) is 30.6 Å². The smallest absolute Gasteiger partial charge is 0.289 e. The number of furan rings is 1. The summed E-state index contributed by atoms with van der Waals surface area (Å²) in [6, 6.07) is 10.0. The van der Waals surface area contributed by atoms with Crippen molar-refractivity contribution in [1.29, 1.82) is 0 Å². The second-order valence-corrected chi connectivity index (χ2v) is 5.26. The predicted octanol–water partition coefficient (Wildman–Crippen LogP) is 2.26. The van der Waals surface area contributed by atoms with Gasteiger partial charge in [-0.2, -0.15) is 0 Å². The molecule has 1 aliphatic heterocycles. The van der Waals surface area contributed by atoms with Crippen molar-refractivity contribution in [3.63, 3.8) is 0 Å². The van der Waals surface area contributed by atoms with Gasteiger partial charge >= 0.3 is 0 Å². The van der Waals surface area contributed by atoms with Crippen LogP contribution in [0.25, 0.3) is 11.0 Å². The summed E-state index contributed by atoms with van der Waals surface area (Å²) in [5.74, 6) is 0.416. The maximum atomic E-state index is 12.5. The van der Waals surface area contributed by atoms with Gasteiger partial charge in [-0.1, -0.05) is 18.2 Å². The molecule has 1 amide bonds. The molecular formula is C15H18N2O2. The maximum absolute atomic E-state index is 12.5. The Bertz CT molecular complexity index is 572. The summed E-state index contributed by atoms with van der Waals surface area (Å²) in [4.78, 5) is 14.4. The molecule has 2 atom stereocenters. The van der Waals surface area contributed by atoms with Crippen LogP contribution in [0.2, 0.25) is 0 Å². The highest BCUT2D eigenvalue weighted by Gasteiger charge is 2.29. The van der Waals surface area contributed by atoms with Gasteiger partial charge in [0.15, 0.2) is 5.76 Å². The Balaban J connectivity index is 1.90. The van der Waals surface area contributed by atoms with E-state index in [0.29, 0.717) is 11.8 Å². The van der Waals surface area contributed by atoms with Gasteiger partial charge in [-0.3, -0.25) is 4.79 Å². The van der Waals surface area contributed by atoms with Crippen LogP contribution >= 0.6 is 0 Å². The third-order valence-electron chi connectivity index (χ3n) is 3.66. The molecule has 2 aromatic rings. The summed E-state index contributed by atoms with van der Waals surface area (Å²) in [6.45, 7) is 5.69. The minimum absolute atomic E-state index is 0.0166. The van der Waals surface area contributed by atoms with Crippen molar-refractivity contribution in [2.45, 2.75) is 25.9 Å². The molecule has 19 heavy (non-hydrogen) atoms. The summed E-state index contributed by atoms with van der Waals surface area (Å²) < 4.78 is 5.66. The van der Waals surface area contributed by atoms with Crippen LogP contribution in [0.3, 0.4) is 0 Å². The van der Waals surface area contributed by atoms with E-state index in [0.717, 1.165) is 24.1 Å². The number of hydrogen-bond acceptors (Lipinski definition) is 3. The normalized spacial score (nSPS) is 23.8. The van der Waals surface area contributed by atoms with Gasteiger partial charge in [0.05, 0.1) is 0 Å². The Morgan fingerprint density at radius 1 is 1.37 bits per heavy atom. The van der Waals surface area contributed by atoms with Gasteiger partial charge in [-0.05, 0) is 26.0 Å². The first-order valence-electron chi connectivity index (χ1n) is 6.68. The largest absolute Gasteiger partial charge is 0.451 e. The van der Waals surface area contributed by atoms with E-state index in [2.05, 4.69) is 19.2 Å². The lowest BCUT2D eigenvalue weighted by Gasteiger charge is -2.37. The molecule has 2 heterocycles. The quantitative estimate of drug-likeness (QED) is 0.853. The van der Waals surface area contributed by atoms with Gasteiger partial charge in [-0.15, -0.1) is 0 Å². The average Bonchev–Trinajstić information content (AvgIpc) is 2.84. The lowest BCUT2D eigenvalue weighted by Crippen LogP contribution is -2.56. The predicted molar refractivity (Wildman–Crippen MR) is 74.2 cm³/mol. The summed E-state index contributed by atoms with van der Waals surface area (Å²) >= 11 is 0. The number of para-hydroxylation sites is 1. The lowest BCUT2D eigenvalue weighted by atomic mass is 10.1. The zero-order chi connectivity index (χ0) is 13.4. The fourth-order valence-corrected chi connectivity index (χ4v) is 2.53. The van der Waals surface area contributed by atoms with E-state index in [1.807, 2.05) is 35.2 Å². The van der Waals surface area contributed by atoms with Crippen LogP contribution in [-0.2, 0) is 0 Å². The van der Waals surface area contributed by atoms with Gasteiger partial charge in [0.2, 0.25) is 0 Å². The van der Waals surface area contributed by atoms with Gasteiger partial charge in [0.1, 0.15) is 5.58 Å². The standard InChI is InChI=1S/C15H18N2O2/c1-10-9-17(11(2)8-16-10)15(18)14-7-12-5-3-4-6-13(12)19-14/h3-7,10-11,16H,8-9H2,1-2H3. The highest BCUT2D eigenvalue weighted by Crippen LogP contribution is 2.21. The number of benzene rings is 1. The summed E-state index contributed by atoms with van der Waals surface area (Å²) in [5, 5.41) is 4.34. The fourth-order valence-electron chi connectivity index (χ4n) is 2.53. The van der Waals surface area contributed by atoms with Crippen molar-refractivity contribution < 1.29 is 9.21 Å². The maximum Gasteiger partial charge on any atom is 0.289 e. The fraction of sp³-hybridized carbons (Fsp3) is 0.400. The van der Waals surface area contributed by atoms with E-state index in [1.54, 1.807) is 0 Å². The number of carbonyl (C=O) groups excluding carboxylic acids is 1. The van der Waals surface area contributed by atoms with E-state index >= 15 is 0 Å². The molecule has 100 valence electrons. The summed E-state index contributed by atoms with van der Waals surface area (Å²) in [5.41, 5.74) is 0.765. The molecule has 1 N–H and O–H groups in total. The zero-order valence-corrected chi connectivity index (χ0v) is 11.2. The molecule has 1 fully saturated rings. The molecule has 1 aliphatic rings. The number of nitrogens with zero attached hydrogens (tertiary/aromatic N) is 1. The number of amides is 1. The van der Waals surface area contributed by atoms with Gasteiger partial charge in [-0.25, -0.2) is 0 Å². The van der Waals surface area contributed by atoms with Crippen LogP contribution in [0.1, 0.15) is 24.4 Å². The topological polar surface area (TPSA) is 45.5 Å². The number of piperazine rings is 1. The molecule has 1 aromatic heterocycles. The van der Waals surface area contributed by atoms with E-state index in [-0.39, 0.29) is 11.9 Å². The molecule has 0 radical (unpaired) electrons. The van der Waals surface area contributed by atoms with Gasteiger partial charge < -0.3 is 14.6 Å². The van der Waals surface area contributed by atoms with Crippen LogP contribution in [0.5, 0.6) is 0 Å². The van der Waals surface area contributed by atoms with Crippen molar-refractivity contribution >= 4 is 16.9 Å². The third kappa shape index (κ3) is 2.24. The number of rotatable bonds is 1. The first kappa shape index (κ1) is 12.2. The first-order valence-corrected chi connectivity index (χ1v) is 6.68. The van der Waals surface area contributed by atoms with Gasteiger partial charge in [0.25, 0.3) is 5.91 Å². The molecule has 1 saturated heterocycles. The van der Waals surface area contributed by atoms with Crippen LogP contribution in [-0.4, -0.2) is 36.0 Å². The molecule has 4 nitrogen and oxygen atoms in total. The molecule has 0 bridgehead atoms. The molecule has 0 spiro atoms. The summed E-state index contributed by atoms with van der Waals surface area (Å²) in [7, 11) is 0. The monoisotopic (exact) mass is 258 g/mol. The van der Waals surface area contributed by atoms with Crippen molar-refractivity contribution in [2.75, 3.05) is 13.1 Å². The van der Waals surface area contributed by atoms with E-state index < -0.39 is 0 Å². The Morgan fingerprint density at radius 2 is 2.16 bits per heavy atom. The molecular weight excluding hydrogens is 240 g/mol. The first-order chi connectivity index (χ1) is 9.15. The van der Waals surface area contributed by atoms with Crippen molar-refractivity contribution in [1.82, 2.24) is 10.2 Å². The molecule has 1 aromatic carbocycles. The molecule has 0 saturated carbocycles. The molecule has 4 heteroatoms. The minimum Gasteiger partial charge on any atom is -0.451 e. The molecule has 2 unspecified atom stereocenters.